The van der Waals surface area contributed by atoms with Crippen molar-refractivity contribution in [3.8, 4) is 0 Å². The number of likely N-dealkylation sites (N-methyl/N-ethyl adjacent to an activating group) is 1. The monoisotopic (exact) mass is 238 g/mol. The predicted octanol–water partition coefficient (Wildman–Crippen LogP) is -0.0271. The molecule has 0 aromatic rings. The van der Waals surface area contributed by atoms with E-state index in [2.05, 4.69) is 4.99 Å². The van der Waals surface area contributed by atoms with E-state index in [1.807, 2.05) is 6.92 Å². The lowest BCUT2D eigenvalue weighted by Gasteiger charge is -2.24. The lowest BCUT2D eigenvalue weighted by molar-refractivity contribution is -0.526. The molecular weight excluding hydrogens is 214 g/mol. The van der Waals surface area contributed by atoms with Gasteiger partial charge in [-0.15, -0.1) is 0 Å². The zero-order valence-electron chi connectivity index (χ0n) is 11.0. The lowest BCUT2D eigenvalue weighted by atomic mass is 9.82. The molecule has 1 heterocycles. The Balaban J connectivity index is 1.92. The van der Waals surface area contributed by atoms with E-state index in [1.54, 1.807) is 7.05 Å². The van der Waals surface area contributed by atoms with E-state index in [1.165, 1.54) is 37.0 Å². The molecule has 3 N–H and O–H groups in total. The highest BCUT2D eigenvalue weighted by Crippen LogP contribution is 2.29. The summed E-state index contributed by atoms with van der Waals surface area (Å²) >= 11 is 0. The molecule has 1 aliphatic heterocycles. The van der Waals surface area contributed by atoms with Gasteiger partial charge < -0.3 is 0 Å². The van der Waals surface area contributed by atoms with Crippen molar-refractivity contribution in [3.63, 3.8) is 0 Å². The average Bonchev–Trinajstić information content (AvgIpc) is 2.53. The van der Waals surface area contributed by atoms with Crippen molar-refractivity contribution in [2.75, 3.05) is 7.05 Å². The zero-order chi connectivity index (χ0) is 12.5. The van der Waals surface area contributed by atoms with Crippen molar-refractivity contribution in [3.05, 3.63) is 0 Å². The van der Waals surface area contributed by atoms with Crippen LogP contribution in [0.15, 0.2) is 0 Å². The first-order valence-electron chi connectivity index (χ1n) is 6.72. The number of nitrogens with two attached hydrogens (primary N) is 1. The van der Waals surface area contributed by atoms with E-state index >= 15 is 0 Å². The van der Waals surface area contributed by atoms with Crippen LogP contribution in [-0.2, 0) is 4.79 Å². The quantitative estimate of drug-likeness (QED) is 0.725. The van der Waals surface area contributed by atoms with Gasteiger partial charge in [-0.05, 0) is 25.7 Å². The van der Waals surface area contributed by atoms with Crippen LogP contribution in [-0.4, -0.2) is 29.4 Å². The summed E-state index contributed by atoms with van der Waals surface area (Å²) in [5.41, 5.74) is 5.29. The van der Waals surface area contributed by atoms with Gasteiger partial charge >= 0.3 is 11.9 Å². The van der Waals surface area contributed by atoms with Crippen LogP contribution in [0.3, 0.4) is 0 Å². The molecule has 2 aliphatic rings. The standard InChI is InChI=1S/C13H23N3O/c1-13(11(17)16(2)12(14)15-13)9-8-10-6-4-3-5-7-10/h10H,3-9H2,1-2H3,(H2,14,15)/p+1/t13-/m0/s1. The molecular formula is C13H24N3O+. The minimum absolute atomic E-state index is 0.103. The van der Waals surface area contributed by atoms with Gasteiger partial charge in [0.2, 0.25) is 0 Å². The molecule has 0 unspecified atom stereocenters. The topological polar surface area (TPSA) is 60.3 Å². The van der Waals surface area contributed by atoms with Crippen molar-refractivity contribution < 1.29 is 9.79 Å². The highest BCUT2D eigenvalue weighted by atomic mass is 16.2. The molecule has 1 amide bonds. The molecule has 0 aromatic heterocycles. The van der Waals surface area contributed by atoms with E-state index in [-0.39, 0.29) is 5.91 Å². The van der Waals surface area contributed by atoms with Gasteiger partial charge in [-0.25, -0.2) is 4.90 Å². The molecule has 0 bridgehead atoms. The lowest BCUT2D eigenvalue weighted by Crippen LogP contribution is -2.86. The van der Waals surface area contributed by atoms with Gasteiger partial charge in [0.15, 0.2) is 5.54 Å². The van der Waals surface area contributed by atoms with Crippen molar-refractivity contribution in [2.45, 2.75) is 57.4 Å². The Morgan fingerprint density at radius 1 is 1.41 bits per heavy atom. The first kappa shape index (κ1) is 12.4. The van der Waals surface area contributed by atoms with Gasteiger partial charge in [0.1, 0.15) is 0 Å². The third-order valence-corrected chi connectivity index (χ3v) is 4.32. The summed E-state index contributed by atoms with van der Waals surface area (Å²) in [5.74, 6) is 1.40. The Bertz CT molecular complexity index is 334. The summed E-state index contributed by atoms with van der Waals surface area (Å²) in [6.45, 7) is 1.97. The predicted molar refractivity (Wildman–Crippen MR) is 67.1 cm³/mol. The number of hydrogen-bond donors (Lipinski definition) is 2. The van der Waals surface area contributed by atoms with Crippen molar-refractivity contribution in [2.24, 2.45) is 11.7 Å². The number of carbonyl (C=O) groups is 1. The average molecular weight is 238 g/mol. The van der Waals surface area contributed by atoms with Gasteiger partial charge in [-0.3, -0.25) is 15.5 Å². The highest BCUT2D eigenvalue weighted by molar-refractivity contribution is 6.00. The van der Waals surface area contributed by atoms with Gasteiger partial charge in [-0.1, -0.05) is 32.1 Å². The Hall–Kier alpha value is -1.06. The third kappa shape index (κ3) is 2.45. The largest absolute Gasteiger partial charge is 0.351 e. The highest BCUT2D eigenvalue weighted by Gasteiger charge is 2.46. The minimum Gasteiger partial charge on any atom is -0.290 e. The summed E-state index contributed by atoms with van der Waals surface area (Å²) in [7, 11) is 1.73. The number of hydrogen-bond acceptors (Lipinski definition) is 2. The molecule has 1 atom stereocenters. The van der Waals surface area contributed by atoms with Crippen LogP contribution >= 0.6 is 0 Å². The van der Waals surface area contributed by atoms with Crippen LogP contribution in [0, 0.1) is 5.92 Å². The Morgan fingerprint density at radius 2 is 2.06 bits per heavy atom. The molecule has 0 spiro atoms. The maximum Gasteiger partial charge on any atom is 0.351 e. The SMILES string of the molecule is CN1C(=O)[C@](C)(CCC2CCCCC2)[NH+]=C1N. The van der Waals surface area contributed by atoms with Gasteiger partial charge in [0, 0.05) is 0 Å². The second kappa shape index (κ2) is 4.67. The Labute approximate surface area is 103 Å². The first-order chi connectivity index (χ1) is 8.03. The zero-order valence-corrected chi connectivity index (χ0v) is 11.0. The van der Waals surface area contributed by atoms with E-state index in [4.69, 9.17) is 5.73 Å². The van der Waals surface area contributed by atoms with Crippen LogP contribution in [0.2, 0.25) is 0 Å². The maximum absolute atomic E-state index is 12.1. The first-order valence-corrected chi connectivity index (χ1v) is 6.72. The number of guanidine groups is 1. The molecule has 4 nitrogen and oxygen atoms in total. The number of nitrogens with zero attached hydrogens (tertiary/aromatic N) is 1. The fourth-order valence-corrected chi connectivity index (χ4v) is 3.04. The van der Waals surface area contributed by atoms with Crippen LogP contribution in [0.25, 0.3) is 0 Å². The number of nitrogens with one attached hydrogen (secondary N) is 1. The number of amides is 1. The summed E-state index contributed by atoms with van der Waals surface area (Å²) in [5, 5.41) is 0. The van der Waals surface area contributed by atoms with Crippen LogP contribution in [0.4, 0.5) is 0 Å². The molecule has 0 radical (unpaired) electrons. The van der Waals surface area contributed by atoms with Crippen molar-refractivity contribution in [1.82, 2.24) is 4.90 Å². The number of rotatable bonds is 3. The fourth-order valence-electron chi connectivity index (χ4n) is 3.04. The molecule has 1 saturated carbocycles. The molecule has 1 aliphatic carbocycles. The van der Waals surface area contributed by atoms with Crippen molar-refractivity contribution >= 4 is 11.9 Å². The molecule has 4 heteroatoms. The van der Waals surface area contributed by atoms with E-state index in [0.29, 0.717) is 5.96 Å². The van der Waals surface area contributed by atoms with Gasteiger partial charge in [0.25, 0.3) is 0 Å². The molecule has 0 saturated heterocycles. The normalized spacial score (nSPS) is 30.8. The summed E-state index contributed by atoms with van der Waals surface area (Å²) in [4.78, 5) is 16.7. The van der Waals surface area contributed by atoms with Gasteiger partial charge in [0.05, 0.1) is 7.05 Å². The second-order valence-electron chi connectivity index (χ2n) is 5.75. The minimum atomic E-state index is -0.476. The van der Waals surface area contributed by atoms with Gasteiger partial charge in [-0.2, -0.15) is 0 Å². The smallest absolute Gasteiger partial charge is 0.290 e. The molecule has 2 rings (SSSR count). The molecule has 1 fully saturated rings. The Morgan fingerprint density at radius 3 is 2.59 bits per heavy atom. The molecule has 96 valence electrons. The summed E-state index contributed by atoms with van der Waals surface area (Å²) < 4.78 is 0. The summed E-state index contributed by atoms with van der Waals surface area (Å²) in [6.07, 6.45) is 8.79. The third-order valence-electron chi connectivity index (χ3n) is 4.32. The van der Waals surface area contributed by atoms with Crippen LogP contribution < -0.4 is 10.7 Å². The molecule has 17 heavy (non-hydrogen) atoms. The number of carbonyl (C=O) groups excluding carboxylic acids is 1. The second-order valence-corrected chi connectivity index (χ2v) is 5.75. The Kier molecular flexibility index (Phi) is 3.40. The molecule has 0 aromatic carbocycles. The fraction of sp³-hybridized carbons (Fsp3) is 0.846. The van der Waals surface area contributed by atoms with E-state index in [0.717, 1.165) is 18.8 Å². The van der Waals surface area contributed by atoms with Crippen LogP contribution in [0.1, 0.15) is 51.9 Å². The van der Waals surface area contributed by atoms with Crippen molar-refractivity contribution in [1.29, 1.82) is 0 Å². The summed E-state index contributed by atoms with van der Waals surface area (Å²) in [6, 6.07) is 0. The maximum atomic E-state index is 12.1. The van der Waals surface area contributed by atoms with Crippen LogP contribution in [0.5, 0.6) is 0 Å². The van der Waals surface area contributed by atoms with E-state index < -0.39 is 5.54 Å². The van der Waals surface area contributed by atoms with E-state index in [9.17, 15) is 4.79 Å².